The summed E-state index contributed by atoms with van der Waals surface area (Å²) in [5.41, 5.74) is 6.36. The fraction of sp³-hybridized carbons (Fsp3) is 0.545. The Morgan fingerprint density at radius 1 is 1.50 bits per heavy atom. The van der Waals surface area contributed by atoms with Gasteiger partial charge in [0.1, 0.15) is 0 Å². The zero-order valence-corrected chi connectivity index (χ0v) is 10.3. The van der Waals surface area contributed by atoms with Crippen molar-refractivity contribution in [2.45, 2.75) is 13.3 Å². The molecule has 0 saturated carbocycles. The van der Waals surface area contributed by atoms with Gasteiger partial charge in [-0.05, 0) is 30.5 Å². The average molecular weight is 242 g/mol. The number of sulfone groups is 1. The molecule has 90 valence electrons. The monoisotopic (exact) mass is 242 g/mol. The van der Waals surface area contributed by atoms with Gasteiger partial charge in [-0.15, -0.1) is 0 Å². The maximum atomic E-state index is 11.7. The second-order valence-corrected chi connectivity index (χ2v) is 6.30. The minimum atomic E-state index is -3.00. The molecule has 1 atom stereocenters. The SMILES string of the molecule is CC(CN)CS(=O)(=O)CCc1cccnc1. The number of aromatic nitrogens is 1. The molecule has 0 fully saturated rings. The van der Waals surface area contributed by atoms with Crippen LogP contribution in [0.3, 0.4) is 0 Å². The van der Waals surface area contributed by atoms with Crippen LogP contribution in [0.25, 0.3) is 0 Å². The van der Waals surface area contributed by atoms with Crippen molar-refractivity contribution in [2.75, 3.05) is 18.1 Å². The van der Waals surface area contributed by atoms with Gasteiger partial charge < -0.3 is 5.73 Å². The van der Waals surface area contributed by atoms with Crippen molar-refractivity contribution in [2.24, 2.45) is 11.7 Å². The molecule has 4 nitrogen and oxygen atoms in total. The quantitative estimate of drug-likeness (QED) is 0.794. The Bertz CT molecular complexity index is 403. The molecule has 5 heteroatoms. The summed E-state index contributed by atoms with van der Waals surface area (Å²) < 4.78 is 23.4. The Hall–Kier alpha value is -0.940. The summed E-state index contributed by atoms with van der Waals surface area (Å²) >= 11 is 0. The summed E-state index contributed by atoms with van der Waals surface area (Å²) in [6.07, 6.45) is 3.89. The maximum Gasteiger partial charge on any atom is 0.150 e. The number of pyridine rings is 1. The van der Waals surface area contributed by atoms with Gasteiger partial charge in [-0.25, -0.2) is 8.42 Å². The van der Waals surface area contributed by atoms with Crippen LogP contribution in [0.15, 0.2) is 24.5 Å². The molecular weight excluding hydrogens is 224 g/mol. The van der Waals surface area contributed by atoms with Crippen molar-refractivity contribution >= 4 is 9.84 Å². The molecule has 0 spiro atoms. The molecule has 2 N–H and O–H groups in total. The van der Waals surface area contributed by atoms with E-state index in [9.17, 15) is 8.42 Å². The molecular formula is C11H18N2O2S. The second-order valence-electron chi connectivity index (χ2n) is 4.07. The third kappa shape index (κ3) is 4.72. The predicted molar refractivity (Wildman–Crippen MR) is 64.8 cm³/mol. The van der Waals surface area contributed by atoms with E-state index in [2.05, 4.69) is 4.98 Å². The minimum Gasteiger partial charge on any atom is -0.330 e. The zero-order chi connectivity index (χ0) is 12.0. The first-order valence-electron chi connectivity index (χ1n) is 5.33. The Morgan fingerprint density at radius 3 is 2.81 bits per heavy atom. The van der Waals surface area contributed by atoms with E-state index in [0.717, 1.165) is 5.56 Å². The molecule has 0 saturated heterocycles. The molecule has 0 aliphatic rings. The Balaban J connectivity index is 2.49. The summed E-state index contributed by atoms with van der Waals surface area (Å²) in [6, 6.07) is 3.69. The number of aryl methyl sites for hydroxylation is 1. The van der Waals surface area contributed by atoms with Gasteiger partial charge >= 0.3 is 0 Å². The van der Waals surface area contributed by atoms with E-state index in [0.29, 0.717) is 13.0 Å². The maximum absolute atomic E-state index is 11.7. The van der Waals surface area contributed by atoms with Gasteiger partial charge in [-0.3, -0.25) is 4.98 Å². The first-order chi connectivity index (χ1) is 7.53. The highest BCUT2D eigenvalue weighted by atomic mass is 32.2. The van der Waals surface area contributed by atoms with Gasteiger partial charge in [0, 0.05) is 12.4 Å². The molecule has 1 aromatic rings. The smallest absolute Gasteiger partial charge is 0.150 e. The van der Waals surface area contributed by atoms with E-state index < -0.39 is 9.84 Å². The zero-order valence-electron chi connectivity index (χ0n) is 9.46. The van der Waals surface area contributed by atoms with Crippen LogP contribution in [-0.4, -0.2) is 31.5 Å². The van der Waals surface area contributed by atoms with Gasteiger partial charge in [0.15, 0.2) is 9.84 Å². The van der Waals surface area contributed by atoms with Crippen LogP contribution >= 0.6 is 0 Å². The Morgan fingerprint density at radius 2 is 2.25 bits per heavy atom. The average Bonchev–Trinajstić information content (AvgIpc) is 2.27. The molecule has 1 heterocycles. The van der Waals surface area contributed by atoms with E-state index >= 15 is 0 Å². The lowest BCUT2D eigenvalue weighted by Crippen LogP contribution is -2.23. The van der Waals surface area contributed by atoms with Crippen molar-refractivity contribution in [1.82, 2.24) is 4.98 Å². The van der Waals surface area contributed by atoms with Crippen molar-refractivity contribution < 1.29 is 8.42 Å². The third-order valence-corrected chi connectivity index (χ3v) is 4.27. The van der Waals surface area contributed by atoms with Crippen molar-refractivity contribution in [3.8, 4) is 0 Å². The number of hydrogen-bond acceptors (Lipinski definition) is 4. The highest BCUT2D eigenvalue weighted by molar-refractivity contribution is 7.91. The molecule has 0 aliphatic heterocycles. The van der Waals surface area contributed by atoms with E-state index in [1.165, 1.54) is 0 Å². The molecule has 0 bridgehead atoms. The topological polar surface area (TPSA) is 73.1 Å². The highest BCUT2D eigenvalue weighted by Crippen LogP contribution is 2.04. The van der Waals surface area contributed by atoms with Crippen molar-refractivity contribution in [3.63, 3.8) is 0 Å². The normalized spacial score (nSPS) is 13.6. The minimum absolute atomic E-state index is 0.0268. The summed E-state index contributed by atoms with van der Waals surface area (Å²) in [5, 5.41) is 0. The fourth-order valence-electron chi connectivity index (χ4n) is 1.40. The lowest BCUT2D eigenvalue weighted by atomic mass is 10.2. The third-order valence-electron chi connectivity index (χ3n) is 2.37. The van der Waals surface area contributed by atoms with Gasteiger partial charge in [-0.2, -0.15) is 0 Å². The van der Waals surface area contributed by atoms with E-state index in [1.807, 2.05) is 19.1 Å². The molecule has 1 aromatic heterocycles. The Labute approximate surface area is 96.8 Å². The van der Waals surface area contributed by atoms with Gasteiger partial charge in [0.2, 0.25) is 0 Å². The van der Waals surface area contributed by atoms with Crippen LogP contribution < -0.4 is 5.73 Å². The molecule has 0 radical (unpaired) electrons. The highest BCUT2D eigenvalue weighted by Gasteiger charge is 2.14. The van der Waals surface area contributed by atoms with Crippen molar-refractivity contribution in [1.29, 1.82) is 0 Å². The van der Waals surface area contributed by atoms with E-state index in [1.54, 1.807) is 12.4 Å². The number of nitrogens with two attached hydrogens (primary N) is 1. The predicted octanol–water partition coefficient (Wildman–Crippen LogP) is 0.634. The number of hydrogen-bond donors (Lipinski definition) is 1. The largest absolute Gasteiger partial charge is 0.330 e. The summed E-state index contributed by atoms with van der Waals surface area (Å²) in [4.78, 5) is 3.95. The molecule has 0 aromatic carbocycles. The molecule has 1 rings (SSSR count). The van der Waals surface area contributed by atoms with Crippen LogP contribution in [-0.2, 0) is 16.3 Å². The van der Waals surface area contributed by atoms with E-state index in [4.69, 9.17) is 5.73 Å². The summed E-state index contributed by atoms with van der Waals surface area (Å²) in [5.74, 6) is 0.367. The Kier molecular flexibility index (Phi) is 4.89. The number of rotatable bonds is 6. The summed E-state index contributed by atoms with van der Waals surface area (Å²) in [7, 11) is -3.00. The van der Waals surface area contributed by atoms with Crippen molar-refractivity contribution in [3.05, 3.63) is 30.1 Å². The van der Waals surface area contributed by atoms with Gasteiger partial charge in [-0.1, -0.05) is 13.0 Å². The number of nitrogens with zero attached hydrogens (tertiary/aromatic N) is 1. The summed E-state index contributed by atoms with van der Waals surface area (Å²) in [6.45, 7) is 2.26. The van der Waals surface area contributed by atoms with Crippen LogP contribution in [0.2, 0.25) is 0 Å². The first kappa shape index (κ1) is 13.1. The van der Waals surface area contributed by atoms with Crippen LogP contribution in [0, 0.1) is 5.92 Å². The van der Waals surface area contributed by atoms with Crippen LogP contribution in [0.5, 0.6) is 0 Å². The second kappa shape index (κ2) is 5.96. The van der Waals surface area contributed by atoms with Crippen LogP contribution in [0.4, 0.5) is 0 Å². The molecule has 0 aliphatic carbocycles. The molecule has 16 heavy (non-hydrogen) atoms. The van der Waals surface area contributed by atoms with Gasteiger partial charge in [0.25, 0.3) is 0 Å². The standard InChI is InChI=1S/C11H18N2O2S/c1-10(7-12)9-16(14,15)6-4-11-3-2-5-13-8-11/h2-3,5,8,10H,4,6-7,9,12H2,1H3. The van der Waals surface area contributed by atoms with Crippen LogP contribution in [0.1, 0.15) is 12.5 Å². The fourth-order valence-corrected chi connectivity index (χ4v) is 3.12. The molecule has 0 amide bonds. The first-order valence-corrected chi connectivity index (χ1v) is 7.15. The molecule has 1 unspecified atom stereocenters. The lowest BCUT2D eigenvalue weighted by Gasteiger charge is -2.09. The lowest BCUT2D eigenvalue weighted by molar-refractivity contribution is 0.573. The van der Waals surface area contributed by atoms with Gasteiger partial charge in [0.05, 0.1) is 11.5 Å². The van der Waals surface area contributed by atoms with E-state index in [-0.39, 0.29) is 17.4 Å².